The number of nitrogens with one attached hydrogen (secondary N) is 2. The first-order valence-electron chi connectivity index (χ1n) is 7.07. The molecule has 1 aromatic heterocycles. The lowest BCUT2D eigenvalue weighted by molar-refractivity contribution is 0.00958. The van der Waals surface area contributed by atoms with Crippen molar-refractivity contribution in [3.63, 3.8) is 0 Å². The highest BCUT2D eigenvalue weighted by atomic mass is 32.2. The Balaban J connectivity index is 2.15. The Labute approximate surface area is 125 Å². The molecule has 1 saturated heterocycles. The number of aromatic nitrogens is 3. The quantitative estimate of drug-likeness (QED) is 0.817. The normalized spacial score (nSPS) is 22.6. The third-order valence-corrected chi connectivity index (χ3v) is 4.94. The molecule has 2 N–H and O–H groups in total. The number of aromatic amines is 1. The van der Waals surface area contributed by atoms with Crippen LogP contribution in [0.1, 0.15) is 38.5 Å². The molecule has 0 saturated carbocycles. The molecular weight excluding hydrogens is 294 g/mol. The summed E-state index contributed by atoms with van der Waals surface area (Å²) in [5, 5.41) is 6.82. The number of H-pyrrole nitrogens is 1. The third-order valence-electron chi connectivity index (χ3n) is 3.38. The average Bonchev–Trinajstić information content (AvgIpc) is 2.82. The van der Waals surface area contributed by atoms with Crippen molar-refractivity contribution >= 4 is 10.2 Å². The predicted octanol–water partition coefficient (Wildman–Crippen LogP) is 0.365. The summed E-state index contributed by atoms with van der Waals surface area (Å²) in [6.45, 7) is 8.63. The number of ether oxygens (including phenoxy) is 1. The van der Waals surface area contributed by atoms with E-state index in [1.54, 1.807) is 6.92 Å². The summed E-state index contributed by atoms with van der Waals surface area (Å²) in [4.78, 5) is 4.24. The van der Waals surface area contributed by atoms with E-state index in [2.05, 4.69) is 19.9 Å². The minimum Gasteiger partial charge on any atom is -0.376 e. The maximum absolute atomic E-state index is 12.5. The van der Waals surface area contributed by atoms with Crippen LogP contribution in [0.4, 0.5) is 0 Å². The fourth-order valence-electron chi connectivity index (χ4n) is 2.23. The van der Waals surface area contributed by atoms with Gasteiger partial charge in [0.05, 0.1) is 18.8 Å². The molecule has 1 fully saturated rings. The van der Waals surface area contributed by atoms with Gasteiger partial charge >= 0.3 is 0 Å². The van der Waals surface area contributed by atoms with Crippen LogP contribution in [0.25, 0.3) is 0 Å². The summed E-state index contributed by atoms with van der Waals surface area (Å²) in [5.41, 5.74) is 0. The van der Waals surface area contributed by atoms with Crippen LogP contribution in [0.3, 0.4) is 0 Å². The number of hydrogen-bond acceptors (Lipinski definition) is 5. The highest BCUT2D eigenvalue weighted by molar-refractivity contribution is 7.87. The molecule has 0 spiro atoms. The van der Waals surface area contributed by atoms with Crippen LogP contribution >= 0.6 is 0 Å². The highest BCUT2D eigenvalue weighted by Gasteiger charge is 2.32. The van der Waals surface area contributed by atoms with Crippen LogP contribution in [0.2, 0.25) is 0 Å². The average molecular weight is 317 g/mol. The molecule has 1 aliphatic heterocycles. The van der Waals surface area contributed by atoms with Crippen molar-refractivity contribution in [2.45, 2.75) is 39.8 Å². The molecule has 0 bridgehead atoms. The van der Waals surface area contributed by atoms with Crippen LogP contribution in [0.15, 0.2) is 0 Å². The molecule has 2 atom stereocenters. The molecule has 9 heteroatoms. The number of aryl methyl sites for hydroxylation is 1. The van der Waals surface area contributed by atoms with Crippen molar-refractivity contribution in [3.05, 3.63) is 11.6 Å². The highest BCUT2D eigenvalue weighted by Crippen LogP contribution is 2.21. The van der Waals surface area contributed by atoms with E-state index in [0.717, 1.165) is 0 Å². The smallest absolute Gasteiger partial charge is 0.280 e. The lowest BCUT2D eigenvalue weighted by Gasteiger charge is -2.32. The van der Waals surface area contributed by atoms with E-state index in [0.29, 0.717) is 31.3 Å². The van der Waals surface area contributed by atoms with E-state index < -0.39 is 16.3 Å². The minimum absolute atomic E-state index is 0.0356. The monoisotopic (exact) mass is 317 g/mol. The zero-order valence-electron chi connectivity index (χ0n) is 12.8. The number of nitrogens with zero attached hydrogens (tertiary/aromatic N) is 3. The molecule has 2 unspecified atom stereocenters. The zero-order chi connectivity index (χ0) is 15.6. The molecule has 0 radical (unpaired) electrons. The molecule has 120 valence electrons. The first-order chi connectivity index (χ1) is 9.79. The Hall–Kier alpha value is -1.03. The Morgan fingerprint density at radius 2 is 2.19 bits per heavy atom. The van der Waals surface area contributed by atoms with Gasteiger partial charge in [-0.15, -0.1) is 0 Å². The Morgan fingerprint density at radius 3 is 2.71 bits per heavy atom. The van der Waals surface area contributed by atoms with Gasteiger partial charge in [-0.25, -0.2) is 4.98 Å². The summed E-state index contributed by atoms with van der Waals surface area (Å²) in [6, 6.07) is -0.460. The van der Waals surface area contributed by atoms with E-state index >= 15 is 0 Å². The fraction of sp³-hybridized carbons (Fsp3) is 0.833. The largest absolute Gasteiger partial charge is 0.376 e. The number of rotatable bonds is 5. The van der Waals surface area contributed by atoms with E-state index in [4.69, 9.17) is 4.74 Å². The Morgan fingerprint density at radius 1 is 1.48 bits per heavy atom. The standard InChI is InChI=1S/C12H23N5O3S/c1-8(2)11(12-13-10(4)14-15-12)16-21(18,19)17-5-6-20-9(3)7-17/h8-9,11,16H,5-7H2,1-4H3,(H,13,14,15). The van der Waals surface area contributed by atoms with Crippen molar-refractivity contribution < 1.29 is 13.2 Å². The first kappa shape index (κ1) is 16.3. The second kappa shape index (κ2) is 6.39. The molecule has 1 aliphatic rings. The maximum Gasteiger partial charge on any atom is 0.280 e. The Kier molecular flexibility index (Phi) is 4.97. The molecule has 1 aromatic rings. The molecule has 2 rings (SSSR count). The zero-order valence-corrected chi connectivity index (χ0v) is 13.6. The van der Waals surface area contributed by atoms with Gasteiger partial charge in [0.1, 0.15) is 5.82 Å². The lowest BCUT2D eigenvalue weighted by atomic mass is 10.1. The molecule has 0 amide bonds. The second-order valence-corrected chi connectivity index (χ2v) is 7.37. The van der Waals surface area contributed by atoms with Gasteiger partial charge in [0, 0.05) is 13.1 Å². The van der Waals surface area contributed by atoms with Crippen LogP contribution in [0, 0.1) is 12.8 Å². The van der Waals surface area contributed by atoms with Crippen LogP contribution < -0.4 is 4.72 Å². The van der Waals surface area contributed by atoms with Gasteiger partial charge in [-0.3, -0.25) is 5.10 Å². The van der Waals surface area contributed by atoms with Gasteiger partial charge in [0.25, 0.3) is 10.2 Å². The molecule has 0 aromatic carbocycles. The van der Waals surface area contributed by atoms with E-state index in [-0.39, 0.29) is 12.0 Å². The number of hydrogen-bond donors (Lipinski definition) is 2. The maximum atomic E-state index is 12.5. The van der Waals surface area contributed by atoms with Crippen LogP contribution in [-0.4, -0.2) is 53.7 Å². The van der Waals surface area contributed by atoms with E-state index in [1.807, 2.05) is 20.8 Å². The SMILES string of the molecule is Cc1nc(C(NS(=O)(=O)N2CCOC(C)C2)C(C)C)n[nH]1. The fourth-order valence-corrected chi connectivity index (χ4v) is 3.79. The van der Waals surface area contributed by atoms with Gasteiger partial charge in [-0.2, -0.15) is 22.5 Å². The summed E-state index contributed by atoms with van der Waals surface area (Å²) >= 11 is 0. The van der Waals surface area contributed by atoms with Gasteiger partial charge in [0.2, 0.25) is 0 Å². The molecular formula is C12H23N5O3S. The number of morpholine rings is 1. The summed E-state index contributed by atoms with van der Waals surface area (Å²) in [7, 11) is -3.59. The van der Waals surface area contributed by atoms with Gasteiger partial charge in [0.15, 0.2) is 5.82 Å². The van der Waals surface area contributed by atoms with Gasteiger partial charge in [-0.05, 0) is 19.8 Å². The third kappa shape index (κ3) is 4.00. The Bertz CT molecular complexity index is 571. The van der Waals surface area contributed by atoms with Crippen molar-refractivity contribution in [2.24, 2.45) is 5.92 Å². The minimum atomic E-state index is -3.59. The van der Waals surface area contributed by atoms with Crippen LogP contribution in [-0.2, 0) is 14.9 Å². The van der Waals surface area contributed by atoms with Crippen molar-refractivity contribution in [1.29, 1.82) is 0 Å². The van der Waals surface area contributed by atoms with Crippen molar-refractivity contribution in [3.8, 4) is 0 Å². The topological polar surface area (TPSA) is 100 Å². The van der Waals surface area contributed by atoms with Gasteiger partial charge in [-0.1, -0.05) is 13.8 Å². The lowest BCUT2D eigenvalue weighted by Crippen LogP contribution is -2.50. The van der Waals surface area contributed by atoms with Crippen LogP contribution in [0.5, 0.6) is 0 Å². The summed E-state index contributed by atoms with van der Waals surface area (Å²) in [6.07, 6.45) is -0.0985. The molecule has 0 aliphatic carbocycles. The summed E-state index contributed by atoms with van der Waals surface area (Å²) in [5.74, 6) is 1.16. The van der Waals surface area contributed by atoms with Gasteiger partial charge < -0.3 is 4.74 Å². The molecule has 8 nitrogen and oxygen atoms in total. The van der Waals surface area contributed by atoms with E-state index in [1.165, 1.54) is 4.31 Å². The first-order valence-corrected chi connectivity index (χ1v) is 8.51. The summed E-state index contributed by atoms with van der Waals surface area (Å²) < 4.78 is 34.5. The molecule has 21 heavy (non-hydrogen) atoms. The van der Waals surface area contributed by atoms with Crippen molar-refractivity contribution in [2.75, 3.05) is 19.7 Å². The van der Waals surface area contributed by atoms with E-state index in [9.17, 15) is 8.42 Å². The second-order valence-electron chi connectivity index (χ2n) is 5.66. The predicted molar refractivity (Wildman–Crippen MR) is 77.7 cm³/mol. The molecule has 2 heterocycles. The van der Waals surface area contributed by atoms with Crippen molar-refractivity contribution in [1.82, 2.24) is 24.2 Å².